The van der Waals surface area contributed by atoms with Gasteiger partial charge in [0.15, 0.2) is 0 Å². The number of benzene rings is 2. The molecule has 2 amide bonds. The summed E-state index contributed by atoms with van der Waals surface area (Å²) in [7, 11) is 0. The maximum atomic E-state index is 12.4. The molecule has 144 valence electrons. The number of ether oxygens (including phenoxy) is 1. The molecule has 0 aromatic heterocycles. The van der Waals surface area contributed by atoms with Crippen LogP contribution in [-0.2, 0) is 4.74 Å². The highest BCUT2D eigenvalue weighted by molar-refractivity contribution is 6.22. The van der Waals surface area contributed by atoms with Crippen molar-refractivity contribution in [2.75, 3.05) is 25.0 Å². The summed E-state index contributed by atoms with van der Waals surface area (Å²) >= 11 is 0. The summed E-state index contributed by atoms with van der Waals surface area (Å²) in [6.07, 6.45) is 0. The van der Waals surface area contributed by atoms with Gasteiger partial charge in [0.25, 0.3) is 11.8 Å². The summed E-state index contributed by atoms with van der Waals surface area (Å²) in [5, 5.41) is 15.5. The quantitative estimate of drug-likeness (QED) is 0.251. The second kappa shape index (κ2) is 8.34. The van der Waals surface area contributed by atoms with Gasteiger partial charge in [-0.2, -0.15) is 0 Å². The van der Waals surface area contributed by atoms with Gasteiger partial charge in [0.2, 0.25) is 0 Å². The molecular weight excluding hydrogens is 362 g/mol. The van der Waals surface area contributed by atoms with Gasteiger partial charge in [-0.1, -0.05) is 17.3 Å². The van der Waals surface area contributed by atoms with Gasteiger partial charge in [-0.3, -0.25) is 14.5 Å². The first-order chi connectivity index (χ1) is 13.5. The SMILES string of the molecule is CCOC(=O)c1ccc(NCC(CN2C(=O)c3ccccc3C2=O)=NO)cc1. The number of amides is 2. The lowest BCUT2D eigenvalue weighted by atomic mass is 10.1. The maximum absolute atomic E-state index is 12.4. The summed E-state index contributed by atoms with van der Waals surface area (Å²) in [6.45, 7) is 2.02. The van der Waals surface area contributed by atoms with Gasteiger partial charge >= 0.3 is 5.97 Å². The second-order valence-corrected chi connectivity index (χ2v) is 6.06. The molecular formula is C20H19N3O5. The van der Waals surface area contributed by atoms with E-state index < -0.39 is 17.8 Å². The molecule has 1 heterocycles. The number of carbonyl (C=O) groups is 3. The molecule has 0 bridgehead atoms. The predicted molar refractivity (Wildman–Crippen MR) is 102 cm³/mol. The van der Waals surface area contributed by atoms with E-state index in [0.29, 0.717) is 29.0 Å². The molecule has 0 spiro atoms. The molecule has 0 saturated heterocycles. The third-order valence-corrected chi connectivity index (χ3v) is 4.25. The molecule has 2 N–H and O–H groups in total. The molecule has 1 aliphatic rings. The van der Waals surface area contributed by atoms with E-state index in [1.165, 1.54) is 0 Å². The number of fused-ring (bicyclic) bond motifs is 1. The van der Waals surface area contributed by atoms with Crippen LogP contribution in [0.5, 0.6) is 0 Å². The number of hydrogen-bond donors (Lipinski definition) is 2. The number of hydrogen-bond acceptors (Lipinski definition) is 7. The number of oxime groups is 1. The molecule has 3 rings (SSSR count). The highest BCUT2D eigenvalue weighted by Crippen LogP contribution is 2.22. The van der Waals surface area contributed by atoms with Crippen molar-refractivity contribution in [1.29, 1.82) is 0 Å². The first kappa shape index (κ1) is 19.1. The fourth-order valence-corrected chi connectivity index (χ4v) is 2.83. The van der Waals surface area contributed by atoms with Gasteiger partial charge in [0, 0.05) is 5.69 Å². The molecule has 2 aromatic rings. The topological polar surface area (TPSA) is 108 Å². The van der Waals surface area contributed by atoms with Crippen molar-refractivity contribution in [3.63, 3.8) is 0 Å². The van der Waals surface area contributed by atoms with Crippen molar-refractivity contribution in [3.05, 3.63) is 65.2 Å². The van der Waals surface area contributed by atoms with Crippen molar-refractivity contribution in [2.24, 2.45) is 5.16 Å². The van der Waals surface area contributed by atoms with Crippen LogP contribution < -0.4 is 5.32 Å². The van der Waals surface area contributed by atoms with E-state index in [1.807, 2.05) is 0 Å². The van der Waals surface area contributed by atoms with Gasteiger partial charge < -0.3 is 15.3 Å². The largest absolute Gasteiger partial charge is 0.462 e. The summed E-state index contributed by atoms with van der Waals surface area (Å²) in [5.41, 5.74) is 2.00. The van der Waals surface area contributed by atoms with Crippen LogP contribution in [0.4, 0.5) is 5.69 Å². The zero-order valence-electron chi connectivity index (χ0n) is 15.2. The van der Waals surface area contributed by atoms with Gasteiger partial charge in [0.1, 0.15) is 0 Å². The molecule has 2 aromatic carbocycles. The molecule has 1 aliphatic heterocycles. The molecule has 0 unspecified atom stereocenters. The molecule has 0 aliphatic carbocycles. The maximum Gasteiger partial charge on any atom is 0.338 e. The molecule has 8 heteroatoms. The lowest BCUT2D eigenvalue weighted by molar-refractivity contribution is 0.0525. The summed E-state index contributed by atoms with van der Waals surface area (Å²) < 4.78 is 4.92. The van der Waals surface area contributed by atoms with Crippen LogP contribution in [0, 0.1) is 0 Å². The van der Waals surface area contributed by atoms with E-state index in [-0.39, 0.29) is 18.8 Å². The Kier molecular flexibility index (Phi) is 5.69. The van der Waals surface area contributed by atoms with Gasteiger partial charge in [-0.05, 0) is 43.3 Å². The lowest BCUT2D eigenvalue weighted by Gasteiger charge is -2.15. The van der Waals surface area contributed by atoms with E-state index >= 15 is 0 Å². The Morgan fingerprint density at radius 3 is 2.21 bits per heavy atom. The number of imide groups is 1. The van der Waals surface area contributed by atoms with Crippen LogP contribution in [0.3, 0.4) is 0 Å². The third-order valence-electron chi connectivity index (χ3n) is 4.25. The monoisotopic (exact) mass is 381 g/mol. The Morgan fingerprint density at radius 1 is 1.07 bits per heavy atom. The summed E-state index contributed by atoms with van der Waals surface area (Å²) in [4.78, 5) is 37.5. The van der Waals surface area contributed by atoms with Crippen LogP contribution in [0.2, 0.25) is 0 Å². The first-order valence-corrected chi connectivity index (χ1v) is 8.71. The van der Waals surface area contributed by atoms with Crippen LogP contribution in [-0.4, -0.2) is 53.3 Å². The fraction of sp³-hybridized carbons (Fsp3) is 0.200. The Balaban J connectivity index is 1.61. The number of nitrogens with zero attached hydrogens (tertiary/aromatic N) is 2. The van der Waals surface area contributed by atoms with E-state index in [1.54, 1.807) is 55.5 Å². The normalized spacial score (nSPS) is 13.5. The summed E-state index contributed by atoms with van der Waals surface area (Å²) in [5.74, 6) is -1.24. The van der Waals surface area contributed by atoms with E-state index in [4.69, 9.17) is 4.74 Å². The minimum absolute atomic E-state index is 0.114. The number of carbonyl (C=O) groups excluding carboxylic acids is 3. The average molecular weight is 381 g/mol. The number of rotatable bonds is 7. The van der Waals surface area contributed by atoms with Gasteiger partial charge in [-0.25, -0.2) is 4.79 Å². The van der Waals surface area contributed by atoms with Crippen molar-refractivity contribution >= 4 is 29.2 Å². The number of nitrogens with one attached hydrogen (secondary N) is 1. The highest BCUT2D eigenvalue weighted by Gasteiger charge is 2.35. The molecule has 28 heavy (non-hydrogen) atoms. The van der Waals surface area contributed by atoms with Crippen LogP contribution >= 0.6 is 0 Å². The molecule has 0 fully saturated rings. The van der Waals surface area contributed by atoms with Crippen molar-refractivity contribution < 1.29 is 24.3 Å². The standard InChI is InChI=1S/C20H19N3O5/c1-2-28-20(26)13-7-9-14(10-8-13)21-11-15(22-27)12-23-18(24)16-5-3-4-6-17(16)19(23)25/h3-10,21,27H,2,11-12H2,1H3. The zero-order chi connectivity index (χ0) is 20.1. The average Bonchev–Trinajstić information content (AvgIpc) is 2.96. The van der Waals surface area contributed by atoms with E-state index in [0.717, 1.165) is 4.90 Å². The fourth-order valence-electron chi connectivity index (χ4n) is 2.83. The summed E-state index contributed by atoms with van der Waals surface area (Å²) in [6, 6.07) is 13.2. The molecule has 0 atom stereocenters. The van der Waals surface area contributed by atoms with Crippen molar-refractivity contribution in [3.8, 4) is 0 Å². The molecule has 8 nitrogen and oxygen atoms in total. The van der Waals surface area contributed by atoms with Gasteiger partial charge in [0.05, 0.1) is 42.1 Å². The zero-order valence-corrected chi connectivity index (χ0v) is 15.2. The van der Waals surface area contributed by atoms with E-state index in [9.17, 15) is 19.6 Å². The Morgan fingerprint density at radius 2 is 1.68 bits per heavy atom. The minimum atomic E-state index is -0.416. The third kappa shape index (κ3) is 3.85. The Bertz CT molecular complexity index is 902. The Labute approximate surface area is 161 Å². The van der Waals surface area contributed by atoms with Crippen LogP contribution in [0.25, 0.3) is 0 Å². The number of esters is 1. The van der Waals surface area contributed by atoms with E-state index in [2.05, 4.69) is 10.5 Å². The van der Waals surface area contributed by atoms with Crippen molar-refractivity contribution in [2.45, 2.75) is 6.92 Å². The predicted octanol–water partition coefficient (Wildman–Crippen LogP) is 2.40. The first-order valence-electron chi connectivity index (χ1n) is 8.71. The van der Waals surface area contributed by atoms with Gasteiger partial charge in [-0.15, -0.1) is 0 Å². The number of anilines is 1. The molecule has 0 radical (unpaired) electrons. The minimum Gasteiger partial charge on any atom is -0.462 e. The van der Waals surface area contributed by atoms with Crippen LogP contribution in [0.15, 0.2) is 53.7 Å². The smallest absolute Gasteiger partial charge is 0.338 e. The lowest BCUT2D eigenvalue weighted by Crippen LogP contribution is -2.37. The highest BCUT2D eigenvalue weighted by atomic mass is 16.5. The van der Waals surface area contributed by atoms with Crippen molar-refractivity contribution in [1.82, 2.24) is 4.90 Å². The Hall–Kier alpha value is -3.68. The second-order valence-electron chi connectivity index (χ2n) is 6.06. The van der Waals surface area contributed by atoms with Crippen LogP contribution in [0.1, 0.15) is 38.0 Å². The molecule has 0 saturated carbocycles.